The van der Waals surface area contributed by atoms with Gasteiger partial charge in [-0.25, -0.2) is 0 Å². The molecule has 0 amide bonds. The first-order chi connectivity index (χ1) is 6.74. The minimum Gasteiger partial charge on any atom is -0.377 e. The fourth-order valence-corrected chi connectivity index (χ4v) is 3.93. The molecule has 1 N–H and O–H groups in total. The summed E-state index contributed by atoms with van der Waals surface area (Å²) >= 11 is 2.11. The highest BCUT2D eigenvalue weighted by Gasteiger charge is 2.40. The first-order valence-corrected chi connectivity index (χ1v) is 6.66. The summed E-state index contributed by atoms with van der Waals surface area (Å²) in [6.45, 7) is 3.32. The molecule has 0 bridgehead atoms. The summed E-state index contributed by atoms with van der Waals surface area (Å²) in [5, 5.41) is 3.39. The lowest BCUT2D eigenvalue weighted by molar-refractivity contribution is -0.0174. The number of hydrogen-bond acceptors (Lipinski definition) is 3. The van der Waals surface area contributed by atoms with E-state index < -0.39 is 0 Å². The van der Waals surface area contributed by atoms with E-state index in [1.54, 1.807) is 0 Å². The van der Waals surface area contributed by atoms with Crippen LogP contribution in [0.15, 0.2) is 0 Å². The van der Waals surface area contributed by atoms with Crippen molar-refractivity contribution < 1.29 is 4.74 Å². The molecule has 3 unspecified atom stereocenters. The SMILES string of the molecule is CNC1CCOC(C2(C)CCCS2)C1. The van der Waals surface area contributed by atoms with Gasteiger partial charge in [-0.2, -0.15) is 11.8 Å². The van der Waals surface area contributed by atoms with Crippen molar-refractivity contribution in [1.29, 1.82) is 0 Å². The van der Waals surface area contributed by atoms with Gasteiger partial charge in [0.25, 0.3) is 0 Å². The Balaban J connectivity index is 1.96. The van der Waals surface area contributed by atoms with Gasteiger partial charge >= 0.3 is 0 Å². The van der Waals surface area contributed by atoms with Crippen LogP contribution in [-0.2, 0) is 4.74 Å². The van der Waals surface area contributed by atoms with Crippen LogP contribution in [0.1, 0.15) is 32.6 Å². The molecule has 0 aromatic heterocycles. The monoisotopic (exact) mass is 215 g/mol. The van der Waals surface area contributed by atoms with E-state index in [0.717, 1.165) is 6.61 Å². The molecule has 2 saturated heterocycles. The Morgan fingerprint density at radius 2 is 2.36 bits per heavy atom. The Morgan fingerprint density at radius 3 is 3.00 bits per heavy atom. The lowest BCUT2D eigenvalue weighted by Gasteiger charge is -2.39. The van der Waals surface area contributed by atoms with Crippen LogP contribution < -0.4 is 5.32 Å². The quantitative estimate of drug-likeness (QED) is 0.761. The summed E-state index contributed by atoms with van der Waals surface area (Å²) in [7, 11) is 2.07. The van der Waals surface area contributed by atoms with E-state index in [9.17, 15) is 0 Å². The zero-order valence-electron chi connectivity index (χ0n) is 9.21. The predicted octanol–water partition coefficient (Wildman–Crippen LogP) is 2.04. The van der Waals surface area contributed by atoms with Crippen LogP contribution in [0.2, 0.25) is 0 Å². The molecule has 2 rings (SSSR count). The first kappa shape index (κ1) is 10.8. The fourth-order valence-electron chi connectivity index (χ4n) is 2.54. The molecule has 0 aromatic carbocycles. The molecule has 2 aliphatic heterocycles. The van der Waals surface area contributed by atoms with E-state index in [2.05, 4.69) is 31.1 Å². The molecule has 0 radical (unpaired) electrons. The molecule has 2 aliphatic rings. The van der Waals surface area contributed by atoms with Crippen LogP contribution in [0.25, 0.3) is 0 Å². The first-order valence-electron chi connectivity index (χ1n) is 5.67. The van der Waals surface area contributed by atoms with Crippen molar-refractivity contribution in [2.45, 2.75) is 49.5 Å². The highest BCUT2D eigenvalue weighted by Crippen LogP contribution is 2.44. The molecular weight excluding hydrogens is 194 g/mol. The molecule has 0 spiro atoms. The van der Waals surface area contributed by atoms with Gasteiger partial charge in [-0.1, -0.05) is 0 Å². The van der Waals surface area contributed by atoms with Crippen LogP contribution in [0.3, 0.4) is 0 Å². The van der Waals surface area contributed by atoms with Crippen molar-refractivity contribution in [1.82, 2.24) is 5.32 Å². The summed E-state index contributed by atoms with van der Waals surface area (Å²) in [4.78, 5) is 0. The summed E-state index contributed by atoms with van der Waals surface area (Å²) in [5.74, 6) is 1.32. The van der Waals surface area contributed by atoms with Gasteiger partial charge in [0.05, 0.1) is 6.10 Å². The third-order valence-corrected chi connectivity index (χ3v) is 5.24. The van der Waals surface area contributed by atoms with Crippen molar-refractivity contribution in [2.24, 2.45) is 0 Å². The normalized spacial score (nSPS) is 44.1. The number of ether oxygens (including phenoxy) is 1. The van der Waals surface area contributed by atoms with Crippen molar-refractivity contribution in [3.8, 4) is 0 Å². The molecule has 82 valence electrons. The molecule has 3 heteroatoms. The molecule has 0 aliphatic carbocycles. The molecule has 14 heavy (non-hydrogen) atoms. The maximum Gasteiger partial charge on any atom is 0.0733 e. The number of hydrogen-bond donors (Lipinski definition) is 1. The second-order valence-electron chi connectivity index (χ2n) is 4.63. The van der Waals surface area contributed by atoms with Crippen molar-refractivity contribution in [2.75, 3.05) is 19.4 Å². The van der Waals surface area contributed by atoms with Crippen LogP contribution in [0.5, 0.6) is 0 Å². The van der Waals surface area contributed by atoms with E-state index in [-0.39, 0.29) is 0 Å². The Morgan fingerprint density at radius 1 is 1.50 bits per heavy atom. The highest BCUT2D eigenvalue weighted by atomic mass is 32.2. The summed E-state index contributed by atoms with van der Waals surface area (Å²) in [5.41, 5.74) is 0. The average Bonchev–Trinajstić information content (AvgIpc) is 2.67. The van der Waals surface area contributed by atoms with E-state index in [0.29, 0.717) is 16.9 Å². The van der Waals surface area contributed by atoms with Gasteiger partial charge in [0.1, 0.15) is 0 Å². The molecule has 2 nitrogen and oxygen atoms in total. The van der Waals surface area contributed by atoms with Gasteiger partial charge in [0, 0.05) is 17.4 Å². The second kappa shape index (κ2) is 4.42. The van der Waals surface area contributed by atoms with Crippen molar-refractivity contribution >= 4 is 11.8 Å². The number of nitrogens with one attached hydrogen (secondary N) is 1. The molecular formula is C11H21NOS. The third-order valence-electron chi connectivity index (χ3n) is 3.62. The van der Waals surface area contributed by atoms with Gasteiger partial charge in [-0.15, -0.1) is 0 Å². The van der Waals surface area contributed by atoms with Gasteiger partial charge in [0.15, 0.2) is 0 Å². The molecule has 0 saturated carbocycles. The lowest BCUT2D eigenvalue weighted by Crippen LogP contribution is -2.46. The molecule has 2 heterocycles. The molecule has 3 atom stereocenters. The summed E-state index contributed by atoms with van der Waals surface area (Å²) < 4.78 is 6.33. The van der Waals surface area contributed by atoms with Gasteiger partial charge < -0.3 is 10.1 Å². The van der Waals surface area contributed by atoms with Crippen LogP contribution in [0, 0.1) is 0 Å². The van der Waals surface area contributed by atoms with Gasteiger partial charge in [-0.05, 0) is 45.4 Å². The number of thioether (sulfide) groups is 1. The zero-order chi connectivity index (χ0) is 10.0. The Hall–Kier alpha value is 0.270. The van der Waals surface area contributed by atoms with Crippen molar-refractivity contribution in [3.63, 3.8) is 0 Å². The molecule has 2 fully saturated rings. The maximum absolute atomic E-state index is 5.94. The summed E-state index contributed by atoms with van der Waals surface area (Å²) in [6.07, 6.45) is 5.54. The van der Waals surface area contributed by atoms with Crippen LogP contribution >= 0.6 is 11.8 Å². The average molecular weight is 215 g/mol. The smallest absolute Gasteiger partial charge is 0.0733 e. The minimum absolute atomic E-state index is 0.398. The topological polar surface area (TPSA) is 21.3 Å². The predicted molar refractivity (Wildman–Crippen MR) is 61.9 cm³/mol. The Kier molecular flexibility index (Phi) is 3.40. The Bertz CT molecular complexity index is 192. The van der Waals surface area contributed by atoms with E-state index >= 15 is 0 Å². The van der Waals surface area contributed by atoms with E-state index in [1.165, 1.54) is 31.4 Å². The highest BCUT2D eigenvalue weighted by molar-refractivity contribution is 8.00. The van der Waals surface area contributed by atoms with E-state index in [4.69, 9.17) is 4.74 Å². The van der Waals surface area contributed by atoms with Gasteiger partial charge in [-0.3, -0.25) is 0 Å². The Labute approximate surface area is 91.2 Å². The van der Waals surface area contributed by atoms with Crippen LogP contribution in [-0.4, -0.2) is 36.3 Å². The van der Waals surface area contributed by atoms with Crippen LogP contribution in [0.4, 0.5) is 0 Å². The lowest BCUT2D eigenvalue weighted by atomic mass is 9.90. The molecule has 0 aromatic rings. The van der Waals surface area contributed by atoms with Gasteiger partial charge in [0.2, 0.25) is 0 Å². The summed E-state index contributed by atoms with van der Waals surface area (Å²) in [6, 6.07) is 0.673. The zero-order valence-corrected chi connectivity index (χ0v) is 10.0. The second-order valence-corrected chi connectivity index (χ2v) is 6.26. The minimum atomic E-state index is 0.398. The standard InChI is InChI=1S/C11H21NOS/c1-11(5-3-7-14-11)10-8-9(12-2)4-6-13-10/h9-10,12H,3-8H2,1-2H3. The van der Waals surface area contributed by atoms with E-state index in [1.807, 2.05) is 0 Å². The third kappa shape index (κ3) is 2.10. The van der Waals surface area contributed by atoms with Crippen molar-refractivity contribution in [3.05, 3.63) is 0 Å². The largest absolute Gasteiger partial charge is 0.377 e. The number of rotatable bonds is 2. The maximum atomic E-state index is 5.94. The fraction of sp³-hybridized carbons (Fsp3) is 1.00.